The zero-order valence-electron chi connectivity index (χ0n) is 13.6. The van der Waals surface area contributed by atoms with E-state index < -0.39 is 0 Å². The highest BCUT2D eigenvalue weighted by atomic mass is 16.2. The van der Waals surface area contributed by atoms with Gasteiger partial charge < -0.3 is 15.1 Å². The number of likely N-dealkylation sites (tertiary alicyclic amines) is 2. The Hall–Kier alpha value is -3.15. The fourth-order valence-corrected chi connectivity index (χ4v) is 3.16. The Balaban J connectivity index is 1.30. The number of nitrogens with one attached hydrogen (secondary N) is 1. The van der Waals surface area contributed by atoms with Gasteiger partial charge in [0.15, 0.2) is 12.0 Å². The molecule has 1 N–H and O–H groups in total. The van der Waals surface area contributed by atoms with Gasteiger partial charge in [0, 0.05) is 50.7 Å². The van der Waals surface area contributed by atoms with Crippen LogP contribution < -0.4 is 5.32 Å². The SMILES string of the molecule is N#CN1CCC(NC(=O)N2CC(c3ccn(-c4cnccn4)n3)C2)C1. The molecule has 4 rings (SSSR count). The van der Waals surface area contributed by atoms with Crippen molar-refractivity contribution in [2.24, 2.45) is 0 Å². The minimum atomic E-state index is -0.0607. The lowest BCUT2D eigenvalue weighted by atomic mass is 9.97. The Morgan fingerprint density at radius 1 is 1.32 bits per heavy atom. The van der Waals surface area contributed by atoms with Crippen molar-refractivity contribution in [2.45, 2.75) is 18.4 Å². The number of nitriles is 1. The van der Waals surface area contributed by atoms with Crippen molar-refractivity contribution in [1.29, 1.82) is 5.26 Å². The summed E-state index contributed by atoms with van der Waals surface area (Å²) in [4.78, 5) is 24.0. The lowest BCUT2D eigenvalue weighted by molar-refractivity contribution is 0.147. The molecule has 2 aliphatic heterocycles. The van der Waals surface area contributed by atoms with Crippen LogP contribution in [0.3, 0.4) is 0 Å². The van der Waals surface area contributed by atoms with Crippen molar-refractivity contribution in [3.8, 4) is 12.0 Å². The third-order valence-electron chi connectivity index (χ3n) is 4.64. The summed E-state index contributed by atoms with van der Waals surface area (Å²) in [6.07, 6.45) is 9.70. The number of hydrogen-bond donors (Lipinski definition) is 1. The molecular formula is C16H18N8O. The third kappa shape index (κ3) is 3.10. The summed E-state index contributed by atoms with van der Waals surface area (Å²) in [7, 11) is 0. The molecule has 2 aromatic rings. The normalized spacial score (nSPS) is 20.2. The molecule has 2 amide bonds. The summed E-state index contributed by atoms with van der Waals surface area (Å²) in [5.41, 5.74) is 0.950. The van der Waals surface area contributed by atoms with Gasteiger partial charge in [-0.3, -0.25) is 4.98 Å². The molecule has 9 nitrogen and oxygen atoms in total. The Morgan fingerprint density at radius 3 is 2.92 bits per heavy atom. The summed E-state index contributed by atoms with van der Waals surface area (Å²) in [6, 6.07) is 1.95. The molecule has 0 saturated carbocycles. The molecule has 1 atom stereocenters. The van der Waals surface area contributed by atoms with Gasteiger partial charge in [0.25, 0.3) is 0 Å². The molecule has 2 saturated heterocycles. The third-order valence-corrected chi connectivity index (χ3v) is 4.64. The zero-order chi connectivity index (χ0) is 17.2. The van der Waals surface area contributed by atoms with Crippen molar-refractivity contribution < 1.29 is 4.79 Å². The molecule has 0 aliphatic carbocycles. The van der Waals surface area contributed by atoms with Crippen LogP contribution in [-0.2, 0) is 0 Å². The van der Waals surface area contributed by atoms with Gasteiger partial charge in [0.05, 0.1) is 17.9 Å². The van der Waals surface area contributed by atoms with Crippen LogP contribution in [0.5, 0.6) is 0 Å². The largest absolute Gasteiger partial charge is 0.333 e. The van der Waals surface area contributed by atoms with Crippen molar-refractivity contribution in [3.05, 3.63) is 36.5 Å². The first-order valence-electron chi connectivity index (χ1n) is 8.25. The molecule has 4 heterocycles. The monoisotopic (exact) mass is 338 g/mol. The first-order valence-corrected chi connectivity index (χ1v) is 8.25. The predicted molar refractivity (Wildman–Crippen MR) is 87.6 cm³/mol. The summed E-state index contributed by atoms with van der Waals surface area (Å²) >= 11 is 0. The number of hydrogen-bond acceptors (Lipinski definition) is 6. The van der Waals surface area contributed by atoms with Gasteiger partial charge in [-0.1, -0.05) is 0 Å². The summed E-state index contributed by atoms with van der Waals surface area (Å²) in [6.45, 7) is 2.61. The molecule has 0 bridgehead atoms. The zero-order valence-corrected chi connectivity index (χ0v) is 13.6. The van der Waals surface area contributed by atoms with Gasteiger partial charge in [-0.15, -0.1) is 0 Å². The topological polar surface area (TPSA) is 103 Å². The van der Waals surface area contributed by atoms with Gasteiger partial charge in [-0.25, -0.2) is 14.5 Å². The van der Waals surface area contributed by atoms with E-state index in [0.29, 0.717) is 32.0 Å². The molecule has 2 aromatic heterocycles. The summed E-state index contributed by atoms with van der Waals surface area (Å²) in [5, 5.41) is 16.4. The van der Waals surface area contributed by atoms with E-state index in [-0.39, 0.29) is 18.0 Å². The van der Waals surface area contributed by atoms with Gasteiger partial charge in [-0.05, 0) is 12.5 Å². The number of amides is 2. The second-order valence-corrected chi connectivity index (χ2v) is 6.33. The quantitative estimate of drug-likeness (QED) is 0.809. The molecule has 2 aliphatic rings. The van der Waals surface area contributed by atoms with Gasteiger partial charge in [0.1, 0.15) is 0 Å². The molecule has 0 aromatic carbocycles. The maximum absolute atomic E-state index is 12.2. The Labute approximate surface area is 144 Å². The highest BCUT2D eigenvalue weighted by Gasteiger charge is 2.35. The number of carbonyl (C=O) groups excluding carboxylic acids is 1. The predicted octanol–water partition coefficient (Wildman–Crippen LogP) is 0.326. The maximum Gasteiger partial charge on any atom is 0.317 e. The summed E-state index contributed by atoms with van der Waals surface area (Å²) < 4.78 is 1.69. The van der Waals surface area contributed by atoms with Crippen molar-refractivity contribution in [2.75, 3.05) is 26.2 Å². The molecule has 128 valence electrons. The van der Waals surface area contributed by atoms with Crippen LogP contribution in [0.4, 0.5) is 4.79 Å². The fourth-order valence-electron chi connectivity index (χ4n) is 3.16. The highest BCUT2D eigenvalue weighted by molar-refractivity contribution is 5.75. The number of carbonyl (C=O) groups is 1. The van der Waals surface area contributed by atoms with Crippen LogP contribution in [0.2, 0.25) is 0 Å². The molecule has 0 spiro atoms. The van der Waals surface area contributed by atoms with E-state index in [0.717, 1.165) is 12.1 Å². The number of rotatable bonds is 3. The molecule has 2 fully saturated rings. The van der Waals surface area contributed by atoms with Gasteiger partial charge in [0.2, 0.25) is 0 Å². The summed E-state index contributed by atoms with van der Waals surface area (Å²) in [5.74, 6) is 0.911. The van der Waals surface area contributed by atoms with Crippen molar-refractivity contribution in [1.82, 2.24) is 34.9 Å². The average molecular weight is 338 g/mol. The van der Waals surface area contributed by atoms with Crippen LogP contribution in [0.1, 0.15) is 18.0 Å². The van der Waals surface area contributed by atoms with Gasteiger partial charge >= 0.3 is 6.03 Å². The van der Waals surface area contributed by atoms with E-state index in [9.17, 15) is 4.79 Å². The lowest BCUT2D eigenvalue weighted by Gasteiger charge is -2.38. The van der Waals surface area contributed by atoms with E-state index >= 15 is 0 Å². The van der Waals surface area contributed by atoms with Crippen molar-refractivity contribution in [3.63, 3.8) is 0 Å². The van der Waals surface area contributed by atoms with E-state index in [1.165, 1.54) is 0 Å². The Kier molecular flexibility index (Phi) is 3.93. The highest BCUT2D eigenvalue weighted by Crippen LogP contribution is 2.26. The minimum absolute atomic E-state index is 0.0575. The Bertz CT molecular complexity index is 792. The van der Waals surface area contributed by atoms with E-state index in [1.54, 1.807) is 33.1 Å². The van der Waals surface area contributed by atoms with E-state index in [1.807, 2.05) is 12.3 Å². The van der Waals surface area contributed by atoms with Crippen LogP contribution in [0.15, 0.2) is 30.9 Å². The number of aromatic nitrogens is 4. The maximum atomic E-state index is 12.2. The van der Waals surface area contributed by atoms with E-state index in [4.69, 9.17) is 5.26 Å². The number of urea groups is 1. The standard InChI is InChI=1S/C16H18N8O/c17-11-22-5-1-13(10-22)20-16(25)23-8-12(9-23)14-2-6-24(21-14)15-7-18-3-4-19-15/h2-4,6-7,12-13H,1,5,8-10H2,(H,20,25). The Morgan fingerprint density at radius 2 is 2.20 bits per heavy atom. The molecule has 0 radical (unpaired) electrons. The van der Waals surface area contributed by atoms with Crippen LogP contribution >= 0.6 is 0 Å². The second-order valence-electron chi connectivity index (χ2n) is 6.33. The van der Waals surface area contributed by atoms with E-state index in [2.05, 4.69) is 26.6 Å². The molecule has 1 unspecified atom stereocenters. The minimum Gasteiger partial charge on any atom is -0.333 e. The van der Waals surface area contributed by atoms with Crippen molar-refractivity contribution >= 4 is 6.03 Å². The van der Waals surface area contributed by atoms with Gasteiger partial charge in [-0.2, -0.15) is 10.4 Å². The fraction of sp³-hybridized carbons (Fsp3) is 0.438. The van der Waals surface area contributed by atoms with Crippen LogP contribution in [0, 0.1) is 11.5 Å². The first kappa shape index (κ1) is 15.4. The average Bonchev–Trinajstić information content (AvgIpc) is 3.24. The van der Waals surface area contributed by atoms with Crippen LogP contribution in [-0.4, -0.2) is 67.8 Å². The first-order chi connectivity index (χ1) is 12.2. The number of nitrogens with zero attached hydrogens (tertiary/aromatic N) is 7. The molecule has 25 heavy (non-hydrogen) atoms. The lowest BCUT2D eigenvalue weighted by Crippen LogP contribution is -2.54. The van der Waals surface area contributed by atoms with Crippen LogP contribution in [0.25, 0.3) is 5.82 Å². The second kappa shape index (κ2) is 6.39. The smallest absolute Gasteiger partial charge is 0.317 e. The molecule has 9 heteroatoms. The molecular weight excluding hydrogens is 320 g/mol.